The van der Waals surface area contributed by atoms with E-state index in [0.29, 0.717) is 40.8 Å². The highest BCUT2D eigenvalue weighted by Gasteiger charge is 2.33. The summed E-state index contributed by atoms with van der Waals surface area (Å²) >= 11 is 0. The first-order valence-corrected chi connectivity index (χ1v) is 17.5. The number of carbonyl (C=O) groups is 3. The third kappa shape index (κ3) is 7.08. The topological polar surface area (TPSA) is 136 Å². The van der Waals surface area contributed by atoms with Crippen molar-refractivity contribution in [3.05, 3.63) is 125 Å². The highest BCUT2D eigenvalue weighted by molar-refractivity contribution is 6.21. The molecule has 2 aliphatic rings. The highest BCUT2D eigenvalue weighted by atomic mass is 16.2. The number of anilines is 6. The number of benzodiazepines with no additional fused rings is 1. The van der Waals surface area contributed by atoms with Crippen LogP contribution in [0, 0.1) is 19.8 Å². The summed E-state index contributed by atoms with van der Waals surface area (Å²) in [6.07, 6.45) is 4.02. The molecule has 4 amide bonds. The van der Waals surface area contributed by atoms with Gasteiger partial charge in [0.15, 0.2) is 0 Å². The second kappa shape index (κ2) is 14.3. The number of urea groups is 1. The van der Waals surface area contributed by atoms with Crippen LogP contribution in [0.4, 0.5) is 39.3 Å². The minimum absolute atomic E-state index is 0.120. The summed E-state index contributed by atoms with van der Waals surface area (Å²) in [7, 11) is 3.41. The van der Waals surface area contributed by atoms with Crippen molar-refractivity contribution in [3.8, 4) is 0 Å². The van der Waals surface area contributed by atoms with Crippen molar-refractivity contribution in [3.63, 3.8) is 0 Å². The van der Waals surface area contributed by atoms with Gasteiger partial charge in [-0.25, -0.2) is 9.78 Å². The van der Waals surface area contributed by atoms with Gasteiger partial charge in [0.2, 0.25) is 5.95 Å². The van der Waals surface area contributed by atoms with Crippen LogP contribution >= 0.6 is 0 Å². The van der Waals surface area contributed by atoms with Crippen molar-refractivity contribution in [2.24, 2.45) is 10.9 Å². The van der Waals surface area contributed by atoms with Gasteiger partial charge in [0, 0.05) is 53.9 Å². The van der Waals surface area contributed by atoms with Crippen molar-refractivity contribution in [1.29, 1.82) is 0 Å². The quantitative estimate of drug-likeness (QED) is 0.173. The number of hydrogen-bond donors (Lipinski definition) is 2. The monoisotopic (exact) mass is 707 g/mol. The Morgan fingerprint density at radius 3 is 2.38 bits per heavy atom. The fourth-order valence-corrected chi connectivity index (χ4v) is 6.61. The van der Waals surface area contributed by atoms with E-state index in [1.807, 2.05) is 68.4 Å². The minimum Gasteiger partial charge on any atom is -0.323 e. The van der Waals surface area contributed by atoms with Crippen molar-refractivity contribution in [1.82, 2.24) is 15.0 Å². The Balaban J connectivity index is 1.14. The number of nitrogens with zero attached hydrogens (tertiary/aromatic N) is 7. The van der Waals surface area contributed by atoms with Crippen LogP contribution in [-0.2, 0) is 11.3 Å². The molecule has 0 spiro atoms. The molecule has 0 unspecified atom stereocenters. The van der Waals surface area contributed by atoms with E-state index in [1.165, 1.54) is 4.90 Å². The summed E-state index contributed by atoms with van der Waals surface area (Å²) in [6.45, 7) is 8.23. The molecule has 53 heavy (non-hydrogen) atoms. The zero-order valence-corrected chi connectivity index (χ0v) is 30.6. The number of aromatic nitrogens is 3. The largest absolute Gasteiger partial charge is 0.330 e. The molecule has 12 heteroatoms. The van der Waals surface area contributed by atoms with Gasteiger partial charge in [0.25, 0.3) is 11.8 Å². The number of hydrogen-bond acceptors (Lipinski definition) is 8. The maximum absolute atomic E-state index is 13.8. The second-order valence-electron chi connectivity index (χ2n) is 13.9. The summed E-state index contributed by atoms with van der Waals surface area (Å²) < 4.78 is 0. The number of carbonyl (C=O) groups excluding carboxylic acids is 3. The maximum Gasteiger partial charge on any atom is 0.330 e. The number of likely N-dealkylation sites (N-methyl/N-ethyl adjacent to an activating group) is 1. The predicted molar refractivity (Wildman–Crippen MR) is 209 cm³/mol. The molecule has 0 fully saturated rings. The molecular weight excluding hydrogens is 667 g/mol. The molecule has 5 aromatic rings. The third-order valence-electron chi connectivity index (χ3n) is 9.45. The SMILES string of the molecule is Cc1ccc(Nc2ncc3c(n2)N(C)C(=O)N(c2cc(NC(=O)c4ccc5c(c4)N(C)C(=O)[C@H](CC(C)C)N=C5c4ccccc4)ccc2C)C3)cn1. The van der Waals surface area contributed by atoms with Crippen LogP contribution < -0.4 is 25.3 Å². The molecular formula is C41H41N9O3. The summed E-state index contributed by atoms with van der Waals surface area (Å²) in [5.41, 5.74) is 7.81. The van der Waals surface area contributed by atoms with E-state index < -0.39 is 6.04 Å². The van der Waals surface area contributed by atoms with Gasteiger partial charge in [-0.2, -0.15) is 4.98 Å². The molecule has 268 valence electrons. The molecule has 2 N–H and O–H groups in total. The van der Waals surface area contributed by atoms with Gasteiger partial charge in [-0.1, -0.05) is 50.2 Å². The molecule has 3 aromatic carbocycles. The standard InChI is InChI=1S/C41H41N9O3/c1-24(2)18-33-39(52)48(5)35-19-28(14-17-32(35)36(46-33)27-10-8-7-9-11-27)38(51)44-30-15-12-25(3)34(20-30)50-23-29-21-43-40(47-37(29)49(6)41(50)53)45-31-16-13-26(4)42-22-31/h7-17,19-22,24,33H,18,23H2,1-6H3,(H,44,51)(H,43,45,47)/t33-/m0/s1. The van der Waals surface area contributed by atoms with Gasteiger partial charge < -0.3 is 15.5 Å². The predicted octanol–water partition coefficient (Wildman–Crippen LogP) is 7.29. The lowest BCUT2D eigenvalue weighted by Crippen LogP contribution is -2.46. The van der Waals surface area contributed by atoms with Gasteiger partial charge in [0.1, 0.15) is 11.9 Å². The highest BCUT2D eigenvalue weighted by Crippen LogP contribution is 2.34. The number of aliphatic imine (C=N–C) groups is 1. The number of amides is 4. The molecule has 0 aliphatic carbocycles. The molecule has 1 atom stereocenters. The Morgan fingerprint density at radius 1 is 0.868 bits per heavy atom. The van der Waals surface area contributed by atoms with E-state index in [2.05, 4.69) is 39.4 Å². The zero-order valence-electron chi connectivity index (χ0n) is 30.6. The van der Waals surface area contributed by atoms with Crippen LogP contribution in [0.2, 0.25) is 0 Å². The van der Waals surface area contributed by atoms with Crippen molar-refractivity contribution in [2.75, 3.05) is 39.4 Å². The summed E-state index contributed by atoms with van der Waals surface area (Å²) in [5.74, 6) is 0.658. The molecule has 0 radical (unpaired) electrons. The van der Waals surface area contributed by atoms with Crippen LogP contribution in [0.5, 0.6) is 0 Å². The van der Waals surface area contributed by atoms with E-state index >= 15 is 0 Å². The fourth-order valence-electron chi connectivity index (χ4n) is 6.61. The normalized spacial score (nSPS) is 15.5. The van der Waals surface area contributed by atoms with Crippen LogP contribution in [0.1, 0.15) is 58.6 Å². The molecule has 7 rings (SSSR count). The van der Waals surface area contributed by atoms with Crippen LogP contribution in [0.15, 0.2) is 96.2 Å². The smallest absolute Gasteiger partial charge is 0.323 e. The average Bonchev–Trinajstić information content (AvgIpc) is 3.25. The van der Waals surface area contributed by atoms with Crippen molar-refractivity contribution >= 4 is 58.1 Å². The molecule has 2 aromatic heterocycles. The molecule has 0 saturated heterocycles. The first kappa shape index (κ1) is 35.0. The molecule has 4 heterocycles. The van der Waals surface area contributed by atoms with E-state index in [-0.39, 0.29) is 30.3 Å². The van der Waals surface area contributed by atoms with Crippen molar-refractivity contribution < 1.29 is 14.4 Å². The maximum atomic E-state index is 13.8. The average molecular weight is 708 g/mol. The molecule has 0 saturated carbocycles. The number of aryl methyl sites for hydroxylation is 2. The number of fused-ring (bicyclic) bond motifs is 2. The van der Waals surface area contributed by atoms with E-state index in [4.69, 9.17) is 4.99 Å². The second-order valence-corrected chi connectivity index (χ2v) is 13.9. The first-order valence-electron chi connectivity index (χ1n) is 17.5. The summed E-state index contributed by atoms with van der Waals surface area (Å²) in [5, 5.41) is 6.16. The Morgan fingerprint density at radius 2 is 1.64 bits per heavy atom. The zero-order chi connectivity index (χ0) is 37.4. The van der Waals surface area contributed by atoms with E-state index in [9.17, 15) is 14.4 Å². The van der Waals surface area contributed by atoms with E-state index in [1.54, 1.807) is 60.6 Å². The Kier molecular flexibility index (Phi) is 9.44. The lowest BCUT2D eigenvalue weighted by molar-refractivity contribution is -0.119. The van der Waals surface area contributed by atoms with Crippen LogP contribution in [0.25, 0.3) is 0 Å². The van der Waals surface area contributed by atoms with Crippen LogP contribution in [-0.4, -0.2) is 58.6 Å². The lowest BCUT2D eigenvalue weighted by atomic mass is 9.98. The van der Waals surface area contributed by atoms with Gasteiger partial charge in [-0.05, 0) is 74.2 Å². The van der Waals surface area contributed by atoms with Gasteiger partial charge >= 0.3 is 6.03 Å². The first-order chi connectivity index (χ1) is 25.5. The Labute approximate surface area is 308 Å². The number of rotatable bonds is 8. The fraction of sp³-hybridized carbons (Fsp3) is 0.244. The molecule has 0 bridgehead atoms. The minimum atomic E-state index is -0.545. The molecule has 2 aliphatic heterocycles. The van der Waals surface area contributed by atoms with Crippen LogP contribution in [0.3, 0.4) is 0 Å². The number of pyridine rings is 1. The van der Waals surface area contributed by atoms with Gasteiger partial charge in [0.05, 0.1) is 35.5 Å². The summed E-state index contributed by atoms with van der Waals surface area (Å²) in [4.78, 5) is 64.4. The Hall–Kier alpha value is -6.43. The van der Waals surface area contributed by atoms with Gasteiger partial charge in [-0.3, -0.25) is 29.4 Å². The number of nitrogens with one attached hydrogen (secondary N) is 2. The molecule has 12 nitrogen and oxygen atoms in total. The third-order valence-corrected chi connectivity index (χ3v) is 9.45. The summed E-state index contributed by atoms with van der Waals surface area (Å²) in [6, 6.07) is 23.6. The lowest BCUT2D eigenvalue weighted by Gasteiger charge is -2.35. The van der Waals surface area contributed by atoms with E-state index in [0.717, 1.165) is 39.3 Å². The van der Waals surface area contributed by atoms with Crippen molar-refractivity contribution in [2.45, 2.75) is 46.7 Å². The number of benzene rings is 3. The van der Waals surface area contributed by atoms with Gasteiger partial charge in [-0.15, -0.1) is 0 Å². The Bertz CT molecular complexity index is 2250.